The lowest BCUT2D eigenvalue weighted by Crippen LogP contribution is -2.17. The molecule has 0 atom stereocenters. The fraction of sp³-hybridized carbons (Fsp3) is 0.115. The molecule has 0 fully saturated rings. The maximum absolute atomic E-state index is 6.69. The Kier molecular flexibility index (Phi) is 6.39. The van der Waals surface area contributed by atoms with Gasteiger partial charge in [0.15, 0.2) is 5.58 Å². The zero-order valence-corrected chi connectivity index (χ0v) is 30.9. The number of anilines is 3. The molecule has 0 amide bonds. The maximum atomic E-state index is 6.69. The molecule has 0 spiro atoms. The van der Waals surface area contributed by atoms with E-state index in [-0.39, 0.29) is 10.8 Å². The summed E-state index contributed by atoms with van der Waals surface area (Å²) in [6.45, 7) is 9.60. The van der Waals surface area contributed by atoms with E-state index in [4.69, 9.17) is 4.42 Å². The van der Waals surface area contributed by atoms with Gasteiger partial charge in [-0.25, -0.2) is 0 Å². The van der Waals surface area contributed by atoms with E-state index in [0.717, 1.165) is 39.0 Å². The summed E-state index contributed by atoms with van der Waals surface area (Å²) in [5, 5.41) is 4.91. The minimum absolute atomic E-state index is 0.112. The summed E-state index contributed by atoms with van der Waals surface area (Å²) in [7, 11) is 0. The van der Waals surface area contributed by atoms with Crippen molar-refractivity contribution in [1.29, 1.82) is 0 Å². The van der Waals surface area contributed by atoms with Crippen LogP contribution in [0.15, 0.2) is 168 Å². The van der Waals surface area contributed by atoms with Gasteiger partial charge in [-0.2, -0.15) is 0 Å². The molecule has 0 saturated heterocycles. The lowest BCUT2D eigenvalue weighted by atomic mass is 9.78. The second-order valence-electron chi connectivity index (χ2n) is 16.1. The molecule has 1 aromatic heterocycles. The molecule has 0 unspecified atom stereocenters. The molecule has 9 aromatic rings. The fourth-order valence-corrected chi connectivity index (χ4v) is 9.74. The molecule has 11 rings (SSSR count). The number of hydrogen-bond donors (Lipinski definition) is 0. The average molecular weight is 694 g/mol. The third-order valence-corrected chi connectivity index (χ3v) is 12.4. The van der Waals surface area contributed by atoms with Gasteiger partial charge in [-0.05, 0) is 115 Å². The SMILES string of the molecule is CC1(C)c2cc(N(c3cccc(-c4ccccc4)c3)c3cccc4c3oc3ccccc34)ccc2-c2cc3c(cc21)-c1ccc2ccccc2c1C3(C)C. The number of nitrogens with zero attached hydrogens (tertiary/aromatic N) is 1. The standard InChI is InChI=1S/C52H39NO/c1-51(2)44-29-36(25-27-38(44)42-30-46-43(31-45(42)51)40-26-24-33-16-8-9-19-37(33)49(40)52(46,3)4)53(35-18-12-17-34(28-35)32-14-6-5-7-15-32)47-22-13-21-41-39-20-10-11-23-48(39)54-50(41)47/h5-31H,1-4H3. The van der Waals surface area contributed by atoms with Crippen molar-refractivity contribution in [2.75, 3.05) is 4.90 Å². The van der Waals surface area contributed by atoms with Crippen molar-refractivity contribution >= 4 is 49.8 Å². The molecular weight excluding hydrogens is 655 g/mol. The molecule has 2 heteroatoms. The van der Waals surface area contributed by atoms with Gasteiger partial charge < -0.3 is 9.32 Å². The first-order chi connectivity index (χ1) is 26.3. The predicted octanol–water partition coefficient (Wildman–Crippen LogP) is 14.5. The first-order valence-corrected chi connectivity index (χ1v) is 19.0. The van der Waals surface area contributed by atoms with E-state index in [2.05, 4.69) is 190 Å². The highest BCUT2D eigenvalue weighted by Gasteiger charge is 2.42. The molecule has 54 heavy (non-hydrogen) atoms. The van der Waals surface area contributed by atoms with Crippen molar-refractivity contribution in [1.82, 2.24) is 0 Å². The second-order valence-corrected chi connectivity index (χ2v) is 16.1. The molecule has 0 bridgehead atoms. The van der Waals surface area contributed by atoms with Crippen LogP contribution in [-0.4, -0.2) is 0 Å². The van der Waals surface area contributed by atoms with Crippen molar-refractivity contribution in [3.63, 3.8) is 0 Å². The van der Waals surface area contributed by atoms with Gasteiger partial charge in [0.05, 0.1) is 5.69 Å². The normalized spacial score (nSPS) is 14.6. The molecule has 2 aliphatic rings. The fourth-order valence-electron chi connectivity index (χ4n) is 9.74. The number of benzene rings is 8. The Bertz CT molecular complexity index is 3000. The lowest BCUT2D eigenvalue weighted by Gasteiger charge is -2.28. The number of hydrogen-bond acceptors (Lipinski definition) is 2. The highest BCUT2D eigenvalue weighted by atomic mass is 16.3. The van der Waals surface area contributed by atoms with Crippen LogP contribution in [-0.2, 0) is 10.8 Å². The summed E-state index contributed by atoms with van der Waals surface area (Å²) < 4.78 is 6.69. The van der Waals surface area contributed by atoms with E-state index in [1.54, 1.807) is 0 Å². The van der Waals surface area contributed by atoms with Crippen LogP contribution in [0.5, 0.6) is 0 Å². The first-order valence-electron chi connectivity index (χ1n) is 19.0. The molecule has 8 aromatic carbocycles. The molecule has 0 saturated carbocycles. The van der Waals surface area contributed by atoms with E-state index >= 15 is 0 Å². The van der Waals surface area contributed by atoms with Crippen molar-refractivity contribution < 1.29 is 4.42 Å². The Labute approximate surface area is 315 Å². The number of furan rings is 1. The predicted molar refractivity (Wildman–Crippen MR) is 226 cm³/mol. The summed E-state index contributed by atoms with van der Waals surface area (Å²) in [5.41, 5.74) is 18.0. The van der Waals surface area contributed by atoms with Crippen LogP contribution in [0.2, 0.25) is 0 Å². The summed E-state index contributed by atoms with van der Waals surface area (Å²) in [4.78, 5) is 2.39. The summed E-state index contributed by atoms with van der Waals surface area (Å²) >= 11 is 0. The molecule has 0 radical (unpaired) electrons. The van der Waals surface area contributed by atoms with Crippen LogP contribution >= 0.6 is 0 Å². The minimum Gasteiger partial charge on any atom is -0.454 e. The summed E-state index contributed by atoms with van der Waals surface area (Å²) in [6.07, 6.45) is 0. The van der Waals surface area contributed by atoms with E-state index < -0.39 is 0 Å². The topological polar surface area (TPSA) is 16.4 Å². The maximum Gasteiger partial charge on any atom is 0.159 e. The van der Waals surface area contributed by atoms with Gasteiger partial charge >= 0.3 is 0 Å². The number of rotatable bonds is 4. The molecule has 2 nitrogen and oxygen atoms in total. The van der Waals surface area contributed by atoms with Crippen molar-refractivity contribution in [3.8, 4) is 33.4 Å². The van der Waals surface area contributed by atoms with Crippen LogP contribution in [0.1, 0.15) is 49.9 Å². The molecule has 1 heterocycles. The van der Waals surface area contributed by atoms with E-state index in [1.807, 2.05) is 6.07 Å². The van der Waals surface area contributed by atoms with Gasteiger partial charge in [0, 0.05) is 33.0 Å². The minimum atomic E-state index is -0.206. The largest absolute Gasteiger partial charge is 0.454 e. The van der Waals surface area contributed by atoms with Crippen molar-refractivity contribution in [2.45, 2.75) is 38.5 Å². The third kappa shape index (κ3) is 4.28. The van der Waals surface area contributed by atoms with Crippen LogP contribution < -0.4 is 4.90 Å². The van der Waals surface area contributed by atoms with Gasteiger partial charge in [-0.15, -0.1) is 0 Å². The molecule has 2 aliphatic carbocycles. The third-order valence-electron chi connectivity index (χ3n) is 12.4. The lowest BCUT2D eigenvalue weighted by molar-refractivity contribution is 0.654. The Morgan fingerprint density at radius 1 is 0.426 bits per heavy atom. The second kappa shape index (κ2) is 11.1. The average Bonchev–Trinajstić information content (AvgIpc) is 3.78. The Morgan fingerprint density at radius 3 is 1.91 bits per heavy atom. The zero-order chi connectivity index (χ0) is 36.3. The smallest absolute Gasteiger partial charge is 0.159 e. The van der Waals surface area contributed by atoms with Gasteiger partial charge in [-0.1, -0.05) is 143 Å². The van der Waals surface area contributed by atoms with Crippen LogP contribution in [0.3, 0.4) is 0 Å². The van der Waals surface area contributed by atoms with Gasteiger partial charge in [-0.3, -0.25) is 0 Å². The van der Waals surface area contributed by atoms with Crippen LogP contribution in [0.25, 0.3) is 66.1 Å². The van der Waals surface area contributed by atoms with E-state index in [9.17, 15) is 0 Å². The summed E-state index contributed by atoms with van der Waals surface area (Å²) in [6, 6.07) is 60.0. The highest BCUT2D eigenvalue weighted by molar-refractivity contribution is 6.10. The van der Waals surface area contributed by atoms with Gasteiger partial charge in [0.25, 0.3) is 0 Å². The summed E-state index contributed by atoms with van der Waals surface area (Å²) in [5.74, 6) is 0. The number of fused-ring (bicyclic) bond motifs is 11. The monoisotopic (exact) mass is 693 g/mol. The Balaban J connectivity index is 1.10. The molecular formula is C52H39NO. The first kappa shape index (κ1) is 31.2. The molecule has 0 N–H and O–H groups in total. The number of para-hydroxylation sites is 2. The zero-order valence-electron chi connectivity index (χ0n) is 30.9. The highest BCUT2D eigenvalue weighted by Crippen LogP contribution is 2.58. The Morgan fingerprint density at radius 2 is 1.06 bits per heavy atom. The van der Waals surface area contributed by atoms with E-state index in [0.29, 0.717) is 0 Å². The van der Waals surface area contributed by atoms with Crippen LogP contribution in [0.4, 0.5) is 17.1 Å². The quantitative estimate of drug-likeness (QED) is 0.182. The van der Waals surface area contributed by atoms with Gasteiger partial charge in [0.2, 0.25) is 0 Å². The van der Waals surface area contributed by atoms with Crippen molar-refractivity contribution in [2.24, 2.45) is 0 Å². The van der Waals surface area contributed by atoms with Crippen molar-refractivity contribution in [3.05, 3.63) is 186 Å². The molecule has 0 aliphatic heterocycles. The Hall–Kier alpha value is -6.38. The van der Waals surface area contributed by atoms with E-state index in [1.165, 1.54) is 66.4 Å². The van der Waals surface area contributed by atoms with Crippen LogP contribution in [0, 0.1) is 0 Å². The van der Waals surface area contributed by atoms with Gasteiger partial charge in [0.1, 0.15) is 5.58 Å². The molecule has 258 valence electrons.